The van der Waals surface area contributed by atoms with E-state index in [1.165, 1.54) is 0 Å². The number of rotatable bonds is 2. The maximum absolute atomic E-state index is 12.4. The summed E-state index contributed by atoms with van der Waals surface area (Å²) in [6, 6.07) is 12.2. The highest BCUT2D eigenvalue weighted by Gasteiger charge is 2.23. The molecule has 0 aliphatic carbocycles. The fraction of sp³-hybridized carbons (Fsp3) is 0.125. The van der Waals surface area contributed by atoms with E-state index >= 15 is 0 Å². The smallest absolute Gasteiger partial charge is 0.256 e. The molecule has 1 N–H and O–H groups in total. The van der Waals surface area contributed by atoms with Gasteiger partial charge in [0, 0.05) is 33.3 Å². The first-order valence-corrected chi connectivity index (χ1v) is 7.87. The molecule has 1 aliphatic rings. The van der Waals surface area contributed by atoms with Crippen LogP contribution in [0.5, 0.6) is 0 Å². The minimum Gasteiger partial charge on any atom is -0.322 e. The zero-order valence-corrected chi connectivity index (χ0v) is 12.6. The molecule has 0 radical (unpaired) electrons. The first-order chi connectivity index (χ1) is 10.1. The lowest BCUT2D eigenvalue weighted by Gasteiger charge is -2.17. The highest BCUT2D eigenvalue weighted by Crippen LogP contribution is 2.33. The van der Waals surface area contributed by atoms with E-state index in [1.54, 1.807) is 54.2 Å². The predicted octanol–water partition coefficient (Wildman–Crippen LogP) is 4.27. The van der Waals surface area contributed by atoms with E-state index in [4.69, 9.17) is 11.6 Å². The molecule has 3 rings (SSSR count). The minimum absolute atomic E-state index is 0.102. The van der Waals surface area contributed by atoms with Gasteiger partial charge in [-0.2, -0.15) is 0 Å². The Labute approximate surface area is 131 Å². The summed E-state index contributed by atoms with van der Waals surface area (Å²) in [4.78, 5) is 25.1. The summed E-state index contributed by atoms with van der Waals surface area (Å²) in [5, 5.41) is 3.45. The van der Waals surface area contributed by atoms with Crippen LogP contribution in [0.4, 0.5) is 5.69 Å². The van der Waals surface area contributed by atoms with Crippen LogP contribution < -0.4 is 5.32 Å². The Morgan fingerprint density at radius 1 is 1.14 bits per heavy atom. The summed E-state index contributed by atoms with van der Waals surface area (Å²) >= 11 is 7.38. The third kappa shape index (κ3) is 2.96. The van der Waals surface area contributed by atoms with Crippen molar-refractivity contribution in [1.29, 1.82) is 0 Å². The van der Waals surface area contributed by atoms with Gasteiger partial charge in [-0.05, 0) is 30.3 Å². The normalized spacial score (nSPS) is 13.7. The van der Waals surface area contributed by atoms with Gasteiger partial charge in [0.25, 0.3) is 5.91 Å². The van der Waals surface area contributed by atoms with Gasteiger partial charge in [0.05, 0.1) is 5.56 Å². The number of nitrogens with one attached hydrogen (secondary N) is 1. The molecular formula is C16H12ClNO2S. The Morgan fingerprint density at radius 3 is 2.67 bits per heavy atom. The fourth-order valence-electron chi connectivity index (χ4n) is 2.20. The summed E-state index contributed by atoms with van der Waals surface area (Å²) in [6.45, 7) is 0. The van der Waals surface area contributed by atoms with E-state index < -0.39 is 0 Å². The number of benzene rings is 2. The standard InChI is InChI=1S/C16H12ClNO2S/c17-10-4-6-11(7-5-10)18-16(20)13-3-1-2-12-14(19)8-9-21-15(12)13/h1-7H,8-9H2,(H,18,20). The maximum atomic E-state index is 12.4. The quantitative estimate of drug-likeness (QED) is 0.899. The van der Waals surface area contributed by atoms with Gasteiger partial charge in [-0.25, -0.2) is 0 Å². The Morgan fingerprint density at radius 2 is 1.90 bits per heavy atom. The van der Waals surface area contributed by atoms with Gasteiger partial charge in [0.15, 0.2) is 5.78 Å². The molecule has 0 saturated carbocycles. The average Bonchev–Trinajstić information content (AvgIpc) is 2.49. The van der Waals surface area contributed by atoms with E-state index in [-0.39, 0.29) is 11.7 Å². The Bertz CT molecular complexity index is 713. The number of thioether (sulfide) groups is 1. The van der Waals surface area contributed by atoms with Crippen molar-refractivity contribution in [2.24, 2.45) is 0 Å². The molecule has 0 saturated heterocycles. The number of amides is 1. The molecule has 1 amide bonds. The monoisotopic (exact) mass is 317 g/mol. The van der Waals surface area contributed by atoms with Crippen LogP contribution >= 0.6 is 23.4 Å². The van der Waals surface area contributed by atoms with Crippen molar-refractivity contribution in [1.82, 2.24) is 0 Å². The number of halogens is 1. The third-order valence-corrected chi connectivity index (χ3v) is 4.63. The summed E-state index contributed by atoms with van der Waals surface area (Å²) in [5.74, 6) is 0.609. The predicted molar refractivity (Wildman–Crippen MR) is 85.5 cm³/mol. The molecule has 5 heteroatoms. The second-order valence-electron chi connectivity index (χ2n) is 4.66. The highest BCUT2D eigenvalue weighted by molar-refractivity contribution is 7.99. The number of carbonyl (C=O) groups is 2. The first kappa shape index (κ1) is 14.2. The summed E-state index contributed by atoms with van der Waals surface area (Å²) in [6.07, 6.45) is 0.528. The first-order valence-electron chi connectivity index (χ1n) is 6.51. The van der Waals surface area contributed by atoms with Crippen molar-refractivity contribution in [2.45, 2.75) is 11.3 Å². The van der Waals surface area contributed by atoms with E-state index in [1.807, 2.05) is 0 Å². The highest BCUT2D eigenvalue weighted by atomic mass is 35.5. The van der Waals surface area contributed by atoms with Crippen molar-refractivity contribution >= 4 is 40.7 Å². The second-order valence-corrected chi connectivity index (χ2v) is 6.21. The minimum atomic E-state index is -0.212. The Balaban J connectivity index is 1.90. The largest absolute Gasteiger partial charge is 0.322 e. The second kappa shape index (κ2) is 5.92. The molecule has 3 nitrogen and oxygen atoms in total. The van der Waals surface area contributed by atoms with Crippen LogP contribution in [-0.4, -0.2) is 17.4 Å². The summed E-state index contributed by atoms with van der Waals surface area (Å²) in [5.41, 5.74) is 1.87. The molecule has 0 unspecified atom stereocenters. The number of anilines is 1. The Kier molecular flexibility index (Phi) is 3.99. The number of fused-ring (bicyclic) bond motifs is 1. The molecule has 21 heavy (non-hydrogen) atoms. The molecule has 1 heterocycles. The van der Waals surface area contributed by atoms with Gasteiger partial charge >= 0.3 is 0 Å². The average molecular weight is 318 g/mol. The van der Waals surface area contributed by atoms with Crippen LogP contribution in [-0.2, 0) is 0 Å². The van der Waals surface area contributed by atoms with Gasteiger partial charge in [0.1, 0.15) is 0 Å². The molecule has 1 aliphatic heterocycles. The summed E-state index contributed by atoms with van der Waals surface area (Å²) in [7, 11) is 0. The maximum Gasteiger partial charge on any atom is 0.256 e. The number of carbonyl (C=O) groups excluding carboxylic acids is 2. The number of hydrogen-bond donors (Lipinski definition) is 1. The van der Waals surface area contributed by atoms with Crippen LogP contribution in [0.15, 0.2) is 47.4 Å². The van der Waals surface area contributed by atoms with Crippen molar-refractivity contribution < 1.29 is 9.59 Å². The fourth-order valence-corrected chi connectivity index (χ4v) is 3.47. The lowest BCUT2D eigenvalue weighted by Crippen LogP contribution is -2.17. The zero-order chi connectivity index (χ0) is 14.8. The number of hydrogen-bond acceptors (Lipinski definition) is 3. The molecule has 0 bridgehead atoms. The lowest BCUT2D eigenvalue weighted by atomic mass is 10.0. The molecule has 2 aromatic carbocycles. The molecule has 0 spiro atoms. The Hall–Kier alpha value is -1.78. The molecule has 0 atom stereocenters. The lowest BCUT2D eigenvalue weighted by molar-refractivity contribution is 0.0984. The number of Topliss-reactive ketones (excluding diaryl/α,β-unsaturated/α-hetero) is 1. The number of ketones is 1. The van der Waals surface area contributed by atoms with E-state index in [9.17, 15) is 9.59 Å². The van der Waals surface area contributed by atoms with Gasteiger partial charge in [-0.1, -0.05) is 23.7 Å². The van der Waals surface area contributed by atoms with Crippen molar-refractivity contribution in [2.75, 3.05) is 11.1 Å². The van der Waals surface area contributed by atoms with E-state index in [0.29, 0.717) is 28.3 Å². The van der Waals surface area contributed by atoms with Crippen molar-refractivity contribution in [3.8, 4) is 0 Å². The molecule has 0 fully saturated rings. The molecular weight excluding hydrogens is 306 g/mol. The van der Waals surface area contributed by atoms with Gasteiger partial charge < -0.3 is 5.32 Å². The van der Waals surface area contributed by atoms with Crippen LogP contribution in [0.2, 0.25) is 5.02 Å². The molecule has 0 aromatic heterocycles. The van der Waals surface area contributed by atoms with E-state index in [0.717, 1.165) is 10.6 Å². The van der Waals surface area contributed by atoms with Crippen LogP contribution in [0, 0.1) is 0 Å². The van der Waals surface area contributed by atoms with Gasteiger partial charge in [-0.3, -0.25) is 9.59 Å². The summed E-state index contributed by atoms with van der Waals surface area (Å²) < 4.78 is 0. The van der Waals surface area contributed by atoms with Gasteiger partial charge in [-0.15, -0.1) is 11.8 Å². The zero-order valence-electron chi connectivity index (χ0n) is 11.1. The van der Waals surface area contributed by atoms with Crippen LogP contribution in [0.1, 0.15) is 27.1 Å². The third-order valence-electron chi connectivity index (χ3n) is 3.24. The van der Waals surface area contributed by atoms with Crippen molar-refractivity contribution in [3.63, 3.8) is 0 Å². The van der Waals surface area contributed by atoms with Crippen LogP contribution in [0.3, 0.4) is 0 Å². The van der Waals surface area contributed by atoms with E-state index in [2.05, 4.69) is 5.32 Å². The molecule has 106 valence electrons. The van der Waals surface area contributed by atoms with Crippen molar-refractivity contribution in [3.05, 3.63) is 58.6 Å². The van der Waals surface area contributed by atoms with Gasteiger partial charge in [0.2, 0.25) is 0 Å². The SMILES string of the molecule is O=C1CCSc2c1cccc2C(=O)Nc1ccc(Cl)cc1. The molecule has 2 aromatic rings. The van der Waals surface area contributed by atoms with Crippen LogP contribution in [0.25, 0.3) is 0 Å². The topological polar surface area (TPSA) is 46.2 Å².